The average Bonchev–Trinajstić information content (AvgIpc) is 3.14. The fourth-order valence-electron chi connectivity index (χ4n) is 2.60. The Morgan fingerprint density at radius 1 is 1.46 bits per heavy atom. The van der Waals surface area contributed by atoms with Crippen molar-refractivity contribution in [2.24, 2.45) is 5.92 Å². The molecule has 7 heteroatoms. The second kappa shape index (κ2) is 6.60. The molecule has 3 aromatic rings. The second-order valence-electron chi connectivity index (χ2n) is 6.07. The molecule has 0 aliphatic heterocycles. The van der Waals surface area contributed by atoms with E-state index in [0.29, 0.717) is 24.8 Å². The maximum absolute atomic E-state index is 12.7. The fourth-order valence-corrected chi connectivity index (χ4v) is 3.25. The maximum Gasteiger partial charge on any atom is 0.265 e. The molecule has 3 heterocycles. The molecule has 3 aromatic heterocycles. The van der Waals surface area contributed by atoms with Crippen LogP contribution in [0.25, 0.3) is 11.1 Å². The van der Waals surface area contributed by atoms with E-state index in [4.69, 9.17) is 4.42 Å². The number of aromatic nitrogens is 2. The first-order valence-corrected chi connectivity index (χ1v) is 8.64. The highest BCUT2D eigenvalue weighted by molar-refractivity contribution is 7.09. The summed E-state index contributed by atoms with van der Waals surface area (Å²) >= 11 is 1.57. The molecule has 0 atom stereocenters. The van der Waals surface area contributed by atoms with E-state index in [1.165, 1.54) is 10.9 Å². The van der Waals surface area contributed by atoms with Crippen LogP contribution in [0, 0.1) is 12.8 Å². The number of rotatable bonds is 5. The molecule has 0 radical (unpaired) electrons. The highest BCUT2D eigenvalue weighted by Crippen LogP contribution is 2.21. The number of aryl methyl sites for hydroxylation is 1. The number of fused-ring (bicyclic) bond motifs is 1. The van der Waals surface area contributed by atoms with Gasteiger partial charge in [-0.25, -0.2) is 4.98 Å². The number of carbonyl (C=O) groups is 1. The fraction of sp³-hybridized carbons (Fsp3) is 0.353. The molecule has 0 bridgehead atoms. The molecule has 0 aliphatic rings. The molecule has 0 saturated carbocycles. The van der Waals surface area contributed by atoms with Gasteiger partial charge < -0.3 is 9.73 Å². The molecule has 0 fully saturated rings. The minimum Gasteiger partial charge on any atom is -0.442 e. The van der Waals surface area contributed by atoms with Crippen LogP contribution in [0.4, 0.5) is 0 Å². The Hall–Kier alpha value is -2.41. The highest BCUT2D eigenvalue weighted by atomic mass is 32.1. The predicted molar refractivity (Wildman–Crippen MR) is 93.3 cm³/mol. The number of nitrogens with one attached hydrogen (secondary N) is 1. The van der Waals surface area contributed by atoms with Crippen molar-refractivity contribution in [3.05, 3.63) is 50.4 Å². The van der Waals surface area contributed by atoms with Crippen molar-refractivity contribution in [1.82, 2.24) is 14.9 Å². The van der Waals surface area contributed by atoms with Crippen molar-refractivity contribution < 1.29 is 9.21 Å². The number of nitrogens with zero attached hydrogens (tertiary/aromatic N) is 2. The Kier molecular flexibility index (Phi) is 4.53. The van der Waals surface area contributed by atoms with Crippen LogP contribution in [0.15, 0.2) is 33.1 Å². The van der Waals surface area contributed by atoms with E-state index in [2.05, 4.69) is 10.3 Å². The summed E-state index contributed by atoms with van der Waals surface area (Å²) in [6.07, 6.45) is 1.47. The van der Waals surface area contributed by atoms with E-state index < -0.39 is 0 Å². The van der Waals surface area contributed by atoms with Gasteiger partial charge in [0, 0.05) is 11.4 Å². The molecule has 1 amide bonds. The quantitative estimate of drug-likeness (QED) is 0.771. The minimum atomic E-state index is -0.319. The van der Waals surface area contributed by atoms with Gasteiger partial charge in [-0.2, -0.15) is 0 Å². The van der Waals surface area contributed by atoms with Crippen LogP contribution in [-0.4, -0.2) is 15.5 Å². The summed E-state index contributed by atoms with van der Waals surface area (Å²) in [4.78, 5) is 30.5. The summed E-state index contributed by atoms with van der Waals surface area (Å²) in [5, 5.41) is 5.05. The van der Waals surface area contributed by atoms with E-state index in [1.54, 1.807) is 18.3 Å². The number of amides is 1. The first-order chi connectivity index (χ1) is 11.5. The summed E-state index contributed by atoms with van der Waals surface area (Å²) in [7, 11) is 0. The summed E-state index contributed by atoms with van der Waals surface area (Å²) < 4.78 is 7.04. The van der Waals surface area contributed by atoms with Crippen molar-refractivity contribution in [3.63, 3.8) is 0 Å². The number of hydrogen-bond donors (Lipinski definition) is 1. The lowest BCUT2D eigenvalue weighted by molar-refractivity contribution is 0.0951. The number of furan rings is 1. The van der Waals surface area contributed by atoms with E-state index in [9.17, 15) is 9.59 Å². The van der Waals surface area contributed by atoms with Gasteiger partial charge in [-0.3, -0.25) is 14.2 Å². The van der Waals surface area contributed by atoms with Gasteiger partial charge in [0.2, 0.25) is 5.71 Å². The van der Waals surface area contributed by atoms with Crippen molar-refractivity contribution in [3.8, 4) is 0 Å². The number of hydrogen-bond acceptors (Lipinski definition) is 5. The van der Waals surface area contributed by atoms with Crippen molar-refractivity contribution in [1.29, 1.82) is 0 Å². The third-order valence-electron chi connectivity index (χ3n) is 3.65. The largest absolute Gasteiger partial charge is 0.442 e. The molecule has 126 valence electrons. The Labute approximate surface area is 143 Å². The van der Waals surface area contributed by atoms with Crippen LogP contribution in [-0.2, 0) is 13.1 Å². The Balaban J connectivity index is 1.98. The first kappa shape index (κ1) is 16.4. The Bertz CT molecular complexity index is 923. The van der Waals surface area contributed by atoms with Crippen LogP contribution >= 0.6 is 11.3 Å². The molecule has 0 aromatic carbocycles. The third-order valence-corrected chi connectivity index (χ3v) is 4.52. The molecule has 1 N–H and O–H groups in total. The van der Waals surface area contributed by atoms with Gasteiger partial charge in [0.1, 0.15) is 17.5 Å². The Morgan fingerprint density at radius 2 is 2.25 bits per heavy atom. The summed E-state index contributed by atoms with van der Waals surface area (Å²) in [6, 6.07) is 3.88. The predicted octanol–water partition coefficient (Wildman–Crippen LogP) is 2.95. The summed E-state index contributed by atoms with van der Waals surface area (Å²) in [5.74, 6) is 0.382. The third kappa shape index (κ3) is 3.12. The van der Waals surface area contributed by atoms with Crippen molar-refractivity contribution >= 4 is 28.3 Å². The van der Waals surface area contributed by atoms with E-state index >= 15 is 0 Å². The molecule has 24 heavy (non-hydrogen) atoms. The minimum absolute atomic E-state index is 0.207. The standard InChI is InChI=1S/C17H19N3O3S/c1-10(2)8-20-9-19-16-14(17(20)22)13(11(3)23-16)15(21)18-7-12-5-4-6-24-12/h4-6,9-10H,7-8H2,1-3H3,(H,18,21). The zero-order chi connectivity index (χ0) is 17.3. The SMILES string of the molecule is Cc1oc2ncn(CC(C)C)c(=O)c2c1C(=O)NCc1cccs1. The zero-order valence-electron chi connectivity index (χ0n) is 13.8. The van der Waals surface area contributed by atoms with Gasteiger partial charge in [0.05, 0.1) is 12.1 Å². The van der Waals surface area contributed by atoms with Crippen LogP contribution in [0.3, 0.4) is 0 Å². The Morgan fingerprint density at radius 3 is 2.92 bits per heavy atom. The monoisotopic (exact) mass is 345 g/mol. The molecular weight excluding hydrogens is 326 g/mol. The van der Waals surface area contributed by atoms with Crippen molar-refractivity contribution in [2.75, 3.05) is 0 Å². The van der Waals surface area contributed by atoms with Gasteiger partial charge >= 0.3 is 0 Å². The van der Waals surface area contributed by atoms with Gasteiger partial charge in [0.15, 0.2) is 0 Å². The average molecular weight is 345 g/mol. The summed E-state index contributed by atoms with van der Waals surface area (Å²) in [5.41, 5.74) is 0.239. The lowest BCUT2D eigenvalue weighted by atomic mass is 10.1. The lowest BCUT2D eigenvalue weighted by Gasteiger charge is -2.08. The van der Waals surface area contributed by atoms with Gasteiger partial charge in [-0.05, 0) is 24.3 Å². The van der Waals surface area contributed by atoms with E-state index in [-0.39, 0.29) is 28.1 Å². The smallest absolute Gasteiger partial charge is 0.265 e. The van der Waals surface area contributed by atoms with Crippen LogP contribution in [0.2, 0.25) is 0 Å². The molecule has 0 aliphatic carbocycles. The molecular formula is C17H19N3O3S. The number of carbonyl (C=O) groups excluding carboxylic acids is 1. The van der Waals surface area contributed by atoms with Gasteiger partial charge in [-0.1, -0.05) is 19.9 Å². The van der Waals surface area contributed by atoms with E-state index in [0.717, 1.165) is 4.88 Å². The molecule has 0 spiro atoms. The van der Waals surface area contributed by atoms with Gasteiger partial charge in [-0.15, -0.1) is 11.3 Å². The van der Waals surface area contributed by atoms with Crippen molar-refractivity contribution in [2.45, 2.75) is 33.9 Å². The lowest BCUT2D eigenvalue weighted by Crippen LogP contribution is -2.27. The zero-order valence-corrected chi connectivity index (χ0v) is 14.6. The normalized spacial score (nSPS) is 11.3. The number of thiophene rings is 1. The van der Waals surface area contributed by atoms with Crippen LogP contribution in [0.5, 0.6) is 0 Å². The molecule has 3 rings (SSSR count). The summed E-state index contributed by atoms with van der Waals surface area (Å²) in [6.45, 7) is 6.68. The van der Waals surface area contributed by atoms with E-state index in [1.807, 2.05) is 31.4 Å². The first-order valence-electron chi connectivity index (χ1n) is 7.76. The highest BCUT2D eigenvalue weighted by Gasteiger charge is 2.22. The molecule has 0 unspecified atom stereocenters. The molecule has 0 saturated heterocycles. The van der Waals surface area contributed by atoms with Crippen LogP contribution in [0.1, 0.15) is 34.8 Å². The topological polar surface area (TPSA) is 77.1 Å². The molecule has 6 nitrogen and oxygen atoms in total. The van der Waals surface area contributed by atoms with Gasteiger partial charge in [0.25, 0.3) is 11.5 Å². The second-order valence-corrected chi connectivity index (χ2v) is 7.10. The maximum atomic E-state index is 12.7. The van der Waals surface area contributed by atoms with Crippen LogP contribution < -0.4 is 10.9 Å².